The van der Waals surface area contributed by atoms with Gasteiger partial charge in [-0.25, -0.2) is 0 Å². The first-order chi connectivity index (χ1) is 14.5. The van der Waals surface area contributed by atoms with Crippen molar-refractivity contribution in [1.82, 2.24) is 10.2 Å². The maximum Gasteiger partial charge on any atom is 0.0594 e. The molecule has 0 unspecified atom stereocenters. The van der Waals surface area contributed by atoms with Crippen LogP contribution in [-0.2, 0) is 0 Å². The second kappa shape index (κ2) is 6.71. The molecule has 0 heterocycles. The summed E-state index contributed by atoms with van der Waals surface area (Å²) < 4.78 is 0. The third-order valence-electron chi connectivity index (χ3n) is 13.0. The molecule has 2 spiro atoms. The Kier molecular flexibility index (Phi) is 4.89. The molecule has 5 aliphatic rings. The number of fused-ring (bicyclic) bond motifs is 2. The number of rotatable bonds is 4. The molecule has 3 N–H and O–H groups in total. The zero-order valence-electron chi connectivity index (χ0n) is 21.2. The highest BCUT2D eigenvalue weighted by Crippen LogP contribution is 2.88. The van der Waals surface area contributed by atoms with Gasteiger partial charge in [-0.3, -0.25) is 0 Å². The average molecular weight is 433 g/mol. The Morgan fingerprint density at radius 2 is 1.61 bits per heavy atom. The molecule has 0 saturated heterocycles. The molecule has 0 aromatic carbocycles. The molecule has 11 atom stereocenters. The molecule has 31 heavy (non-hydrogen) atoms. The van der Waals surface area contributed by atoms with E-state index in [4.69, 9.17) is 0 Å². The van der Waals surface area contributed by atoms with Crippen LogP contribution in [0.4, 0.5) is 0 Å². The molecule has 0 radical (unpaired) electrons. The van der Waals surface area contributed by atoms with Gasteiger partial charge in [0.2, 0.25) is 0 Å². The summed E-state index contributed by atoms with van der Waals surface area (Å²) in [4.78, 5) is 2.33. The van der Waals surface area contributed by atoms with Crippen LogP contribution in [0.3, 0.4) is 0 Å². The third-order valence-corrected chi connectivity index (χ3v) is 13.0. The summed E-state index contributed by atoms with van der Waals surface area (Å²) in [6.07, 6.45) is 9.88. The Morgan fingerprint density at radius 3 is 2.23 bits per heavy atom. The van der Waals surface area contributed by atoms with E-state index < -0.39 is 0 Å². The highest BCUT2D eigenvalue weighted by Gasteiger charge is 2.83. The van der Waals surface area contributed by atoms with Gasteiger partial charge in [0.15, 0.2) is 0 Å². The zero-order chi connectivity index (χ0) is 22.6. The molecular weight excluding hydrogens is 384 g/mol. The highest BCUT2D eigenvalue weighted by molar-refractivity contribution is 5.31. The SMILES string of the molecule is CN[C@H]1CC[C@]23C[C@]24CC[C@]2(C)[C@@H]([C@H](C)N(C)C)[C@H](O)C[C@@]2(C)[C@@H]4CC[C@H]3[C@@]1(C)CO. The molecule has 5 saturated carbocycles. The lowest BCUT2D eigenvalue weighted by molar-refractivity contribution is -0.155. The number of nitrogens with zero attached hydrogens (tertiary/aromatic N) is 1. The lowest BCUT2D eigenvalue weighted by atomic mass is 9.41. The van der Waals surface area contributed by atoms with Gasteiger partial charge >= 0.3 is 0 Å². The van der Waals surface area contributed by atoms with Crippen LogP contribution < -0.4 is 5.32 Å². The fourth-order valence-electron chi connectivity index (χ4n) is 11.2. The number of hydrogen-bond acceptors (Lipinski definition) is 4. The lowest BCUT2D eigenvalue weighted by Gasteiger charge is -2.63. The van der Waals surface area contributed by atoms with Gasteiger partial charge in [-0.05, 0) is 113 Å². The van der Waals surface area contributed by atoms with Crippen molar-refractivity contribution in [2.45, 2.75) is 97.2 Å². The topological polar surface area (TPSA) is 55.7 Å². The quantitative estimate of drug-likeness (QED) is 0.630. The molecule has 5 fully saturated rings. The molecule has 4 heteroatoms. The normalized spacial score (nSPS) is 58.8. The maximum atomic E-state index is 11.4. The van der Waals surface area contributed by atoms with Gasteiger partial charge in [0.25, 0.3) is 0 Å². The van der Waals surface area contributed by atoms with Crippen molar-refractivity contribution in [1.29, 1.82) is 0 Å². The van der Waals surface area contributed by atoms with Crippen LogP contribution in [0.2, 0.25) is 0 Å². The second-order valence-corrected chi connectivity index (χ2v) is 13.6. The third kappa shape index (κ3) is 2.42. The first kappa shape index (κ1) is 22.6. The Bertz CT molecular complexity index is 743. The van der Waals surface area contributed by atoms with Gasteiger partial charge in [0, 0.05) is 23.4 Å². The predicted octanol–water partition coefficient (Wildman–Crippen LogP) is 3.91. The molecule has 0 aromatic rings. The number of nitrogens with one attached hydrogen (secondary N) is 1. The Morgan fingerprint density at radius 1 is 0.968 bits per heavy atom. The van der Waals surface area contributed by atoms with E-state index in [1.54, 1.807) is 0 Å². The van der Waals surface area contributed by atoms with Crippen LogP contribution >= 0.6 is 0 Å². The number of hydrogen-bond donors (Lipinski definition) is 3. The summed E-state index contributed by atoms with van der Waals surface area (Å²) in [5.41, 5.74) is 1.35. The number of aliphatic hydroxyl groups excluding tert-OH is 2. The molecule has 5 rings (SSSR count). The van der Waals surface area contributed by atoms with Gasteiger partial charge < -0.3 is 20.4 Å². The van der Waals surface area contributed by atoms with E-state index in [9.17, 15) is 10.2 Å². The molecule has 4 nitrogen and oxygen atoms in total. The van der Waals surface area contributed by atoms with Crippen LogP contribution in [0.25, 0.3) is 0 Å². The van der Waals surface area contributed by atoms with E-state index in [2.05, 4.69) is 59.1 Å². The average Bonchev–Trinajstić information content (AvgIpc) is 3.33. The Labute approximate surface area is 190 Å². The molecule has 0 aliphatic heterocycles. The van der Waals surface area contributed by atoms with Crippen LogP contribution in [0, 0.1) is 44.8 Å². The first-order valence-corrected chi connectivity index (χ1v) is 13.1. The molecule has 178 valence electrons. The zero-order valence-corrected chi connectivity index (χ0v) is 21.2. The van der Waals surface area contributed by atoms with Crippen molar-refractivity contribution in [3.63, 3.8) is 0 Å². The molecule has 0 bridgehead atoms. The van der Waals surface area contributed by atoms with Gasteiger partial charge in [-0.2, -0.15) is 0 Å². The lowest BCUT2D eigenvalue weighted by Crippen LogP contribution is -2.61. The monoisotopic (exact) mass is 432 g/mol. The van der Waals surface area contributed by atoms with E-state index in [0.29, 0.717) is 41.4 Å². The predicted molar refractivity (Wildman–Crippen MR) is 126 cm³/mol. The number of aliphatic hydroxyl groups is 2. The fourth-order valence-corrected chi connectivity index (χ4v) is 11.2. The van der Waals surface area contributed by atoms with Crippen LogP contribution in [-0.4, -0.2) is 61.1 Å². The molecular formula is C27H48N2O2. The van der Waals surface area contributed by atoms with E-state index >= 15 is 0 Å². The van der Waals surface area contributed by atoms with Crippen molar-refractivity contribution in [3.8, 4) is 0 Å². The molecule has 5 aliphatic carbocycles. The van der Waals surface area contributed by atoms with Gasteiger partial charge in [-0.15, -0.1) is 0 Å². The van der Waals surface area contributed by atoms with Gasteiger partial charge in [0.1, 0.15) is 0 Å². The van der Waals surface area contributed by atoms with Crippen LogP contribution in [0.15, 0.2) is 0 Å². The van der Waals surface area contributed by atoms with E-state index in [0.717, 1.165) is 12.3 Å². The van der Waals surface area contributed by atoms with Crippen molar-refractivity contribution in [3.05, 3.63) is 0 Å². The minimum absolute atomic E-state index is 0.000285. The fraction of sp³-hybridized carbons (Fsp3) is 1.00. The van der Waals surface area contributed by atoms with E-state index in [1.165, 1.54) is 44.9 Å². The van der Waals surface area contributed by atoms with Crippen LogP contribution in [0.5, 0.6) is 0 Å². The standard InChI is InChI=1S/C27H48N2O2/c1-17(29(6)7)22-18(31)14-25(4)20-9-8-19-23(2,16-30)21(28-5)10-11-26(19)15-27(20,26)13-12-24(22,25)3/h17-22,28,30-31H,8-16H2,1-7H3/t17-,18+,19-,20-,21-,22-,23+,24+,25-,26+,27-/m0/s1. The summed E-state index contributed by atoms with van der Waals surface area (Å²) in [6.45, 7) is 10.1. The van der Waals surface area contributed by atoms with Gasteiger partial charge in [0.05, 0.1) is 12.7 Å². The summed E-state index contributed by atoms with van der Waals surface area (Å²) in [5, 5.41) is 25.5. The first-order valence-electron chi connectivity index (χ1n) is 13.1. The highest BCUT2D eigenvalue weighted by atomic mass is 16.3. The van der Waals surface area contributed by atoms with Crippen molar-refractivity contribution < 1.29 is 10.2 Å². The summed E-state index contributed by atoms with van der Waals surface area (Å²) in [5.74, 6) is 1.74. The Hall–Kier alpha value is -0.160. The van der Waals surface area contributed by atoms with Crippen molar-refractivity contribution >= 4 is 0 Å². The summed E-state index contributed by atoms with van der Waals surface area (Å²) >= 11 is 0. The molecule has 0 aromatic heterocycles. The maximum absolute atomic E-state index is 11.4. The minimum Gasteiger partial charge on any atom is -0.396 e. The summed E-state index contributed by atoms with van der Waals surface area (Å²) in [7, 11) is 6.44. The van der Waals surface area contributed by atoms with E-state index in [1.807, 2.05) is 0 Å². The Balaban J connectivity index is 1.52. The largest absolute Gasteiger partial charge is 0.396 e. The van der Waals surface area contributed by atoms with Crippen molar-refractivity contribution in [2.75, 3.05) is 27.7 Å². The second-order valence-electron chi connectivity index (χ2n) is 13.6. The van der Waals surface area contributed by atoms with Crippen LogP contribution in [0.1, 0.15) is 79.1 Å². The summed E-state index contributed by atoms with van der Waals surface area (Å²) in [6, 6.07) is 0.842. The van der Waals surface area contributed by atoms with Crippen molar-refractivity contribution in [2.24, 2.45) is 44.8 Å². The van der Waals surface area contributed by atoms with Gasteiger partial charge in [-0.1, -0.05) is 20.8 Å². The smallest absolute Gasteiger partial charge is 0.0594 e. The molecule has 0 amide bonds. The minimum atomic E-state index is -0.183. The van der Waals surface area contributed by atoms with E-state index in [-0.39, 0.29) is 22.3 Å².